The zero-order valence-electron chi connectivity index (χ0n) is 11.5. The molecule has 112 valence electrons. The van der Waals surface area contributed by atoms with E-state index in [0.29, 0.717) is 17.1 Å². The molecule has 0 aliphatic heterocycles. The number of halogens is 3. The first-order chi connectivity index (χ1) is 10.0. The van der Waals surface area contributed by atoms with Crippen LogP contribution in [0.5, 0.6) is 0 Å². The lowest BCUT2D eigenvalue weighted by Gasteiger charge is -2.21. The van der Waals surface area contributed by atoms with E-state index in [9.17, 15) is 8.78 Å². The Labute approximate surface area is 127 Å². The van der Waals surface area contributed by atoms with Gasteiger partial charge in [0.05, 0.1) is 11.1 Å². The van der Waals surface area contributed by atoms with Crippen molar-refractivity contribution in [1.29, 1.82) is 0 Å². The van der Waals surface area contributed by atoms with Crippen LogP contribution in [-0.2, 0) is 0 Å². The Hall–Kier alpha value is -1.72. The number of hydrogen-bond donors (Lipinski definition) is 2. The van der Waals surface area contributed by atoms with Gasteiger partial charge in [-0.3, -0.25) is 0 Å². The first-order valence-electron chi connectivity index (χ1n) is 6.62. The van der Waals surface area contributed by atoms with Gasteiger partial charge in [-0.25, -0.2) is 13.8 Å². The van der Waals surface area contributed by atoms with Crippen LogP contribution in [0.3, 0.4) is 0 Å². The molecule has 3 nitrogen and oxygen atoms in total. The van der Waals surface area contributed by atoms with Gasteiger partial charge >= 0.3 is 0 Å². The highest BCUT2D eigenvalue weighted by Gasteiger charge is 2.24. The molecule has 1 heterocycles. The van der Waals surface area contributed by atoms with Gasteiger partial charge in [0.15, 0.2) is 0 Å². The van der Waals surface area contributed by atoms with Crippen LogP contribution in [0.2, 0.25) is 5.02 Å². The number of nitrogens with one attached hydrogen (secondary N) is 1. The molecule has 2 rings (SSSR count). The second kappa shape index (κ2) is 6.83. The molecule has 0 spiro atoms. The summed E-state index contributed by atoms with van der Waals surface area (Å²) in [6, 6.07) is 4.59. The van der Waals surface area contributed by atoms with E-state index in [1.807, 2.05) is 6.92 Å². The molecule has 1 aromatic carbocycles. The third kappa shape index (κ3) is 3.49. The molecule has 2 aromatic rings. The molecule has 0 saturated carbocycles. The maximum Gasteiger partial charge on any atom is 0.131 e. The van der Waals surface area contributed by atoms with Crippen LogP contribution in [-0.4, -0.2) is 11.5 Å². The molecule has 6 heteroatoms. The SMILES string of the molecule is CCCNC(c1cc(Cl)cnc1N)c1c(F)cccc1F. The summed E-state index contributed by atoms with van der Waals surface area (Å²) in [6.07, 6.45) is 2.20. The van der Waals surface area contributed by atoms with Crippen LogP contribution < -0.4 is 11.1 Å². The summed E-state index contributed by atoms with van der Waals surface area (Å²) in [5, 5.41) is 3.45. The van der Waals surface area contributed by atoms with Crippen molar-refractivity contribution >= 4 is 17.4 Å². The van der Waals surface area contributed by atoms with Crippen LogP contribution in [0.25, 0.3) is 0 Å². The van der Waals surface area contributed by atoms with Gasteiger partial charge in [0, 0.05) is 17.3 Å². The maximum absolute atomic E-state index is 14.1. The van der Waals surface area contributed by atoms with Gasteiger partial charge in [-0.05, 0) is 31.2 Å². The first kappa shape index (κ1) is 15.7. The van der Waals surface area contributed by atoms with Crippen molar-refractivity contribution in [3.63, 3.8) is 0 Å². The third-order valence-electron chi connectivity index (χ3n) is 3.11. The number of aromatic nitrogens is 1. The minimum absolute atomic E-state index is 0.0817. The lowest BCUT2D eigenvalue weighted by atomic mass is 9.98. The monoisotopic (exact) mass is 311 g/mol. The lowest BCUT2D eigenvalue weighted by molar-refractivity contribution is 0.503. The van der Waals surface area contributed by atoms with Gasteiger partial charge in [-0.15, -0.1) is 0 Å². The minimum Gasteiger partial charge on any atom is -0.383 e. The summed E-state index contributed by atoms with van der Waals surface area (Å²) < 4.78 is 28.1. The summed E-state index contributed by atoms with van der Waals surface area (Å²) in [7, 11) is 0. The number of nitrogens with zero attached hydrogens (tertiary/aromatic N) is 1. The normalized spacial score (nSPS) is 12.4. The van der Waals surface area contributed by atoms with Crippen molar-refractivity contribution < 1.29 is 8.78 Å². The molecule has 3 N–H and O–H groups in total. The van der Waals surface area contributed by atoms with Gasteiger partial charge in [-0.2, -0.15) is 0 Å². The molecule has 0 bridgehead atoms. The second-order valence-corrected chi connectivity index (χ2v) is 5.09. The molecule has 0 fully saturated rings. The summed E-state index contributed by atoms with van der Waals surface area (Å²) >= 11 is 5.93. The van der Waals surface area contributed by atoms with Gasteiger partial charge in [0.2, 0.25) is 0 Å². The fourth-order valence-corrected chi connectivity index (χ4v) is 2.31. The van der Waals surface area contributed by atoms with E-state index in [0.717, 1.165) is 6.42 Å². The Morgan fingerprint density at radius 3 is 2.62 bits per heavy atom. The number of pyridine rings is 1. The second-order valence-electron chi connectivity index (χ2n) is 4.65. The predicted molar refractivity (Wildman–Crippen MR) is 80.2 cm³/mol. The molecule has 1 atom stereocenters. The Bertz CT molecular complexity index is 614. The topological polar surface area (TPSA) is 50.9 Å². The molecular weight excluding hydrogens is 296 g/mol. The fraction of sp³-hybridized carbons (Fsp3) is 0.267. The third-order valence-corrected chi connectivity index (χ3v) is 3.32. The standard InChI is InChI=1S/C15H16ClF2N3/c1-2-6-20-14(10-7-9(16)8-21-15(10)19)13-11(17)4-3-5-12(13)18/h3-5,7-8,14,20H,2,6H2,1H3,(H2,19,21). The molecule has 0 aliphatic rings. The quantitative estimate of drug-likeness (QED) is 0.885. The van der Waals surface area contributed by atoms with E-state index < -0.39 is 17.7 Å². The zero-order chi connectivity index (χ0) is 15.4. The highest BCUT2D eigenvalue weighted by atomic mass is 35.5. The van der Waals surface area contributed by atoms with Gasteiger partial charge < -0.3 is 11.1 Å². The Kier molecular flexibility index (Phi) is 5.09. The molecule has 21 heavy (non-hydrogen) atoms. The van der Waals surface area contributed by atoms with E-state index in [2.05, 4.69) is 10.3 Å². The molecule has 0 aliphatic carbocycles. The smallest absolute Gasteiger partial charge is 0.131 e. The van der Waals surface area contributed by atoms with Gasteiger partial charge in [0.1, 0.15) is 17.5 Å². The number of nitrogen functional groups attached to an aromatic ring is 1. The Morgan fingerprint density at radius 1 is 1.33 bits per heavy atom. The maximum atomic E-state index is 14.1. The van der Waals surface area contributed by atoms with Crippen LogP contribution >= 0.6 is 11.6 Å². The molecule has 0 saturated heterocycles. The average molecular weight is 312 g/mol. The lowest BCUT2D eigenvalue weighted by Crippen LogP contribution is -2.26. The summed E-state index contributed by atoms with van der Waals surface area (Å²) in [5.74, 6) is -1.08. The summed E-state index contributed by atoms with van der Waals surface area (Å²) in [6.45, 7) is 2.53. The number of nitrogens with two attached hydrogens (primary N) is 1. The number of anilines is 1. The number of hydrogen-bond acceptors (Lipinski definition) is 3. The fourth-order valence-electron chi connectivity index (χ4n) is 2.14. The minimum atomic E-state index is -0.739. The largest absolute Gasteiger partial charge is 0.383 e. The van der Waals surface area contributed by atoms with Crippen LogP contribution in [0, 0.1) is 11.6 Å². The van der Waals surface area contributed by atoms with Crippen molar-refractivity contribution in [3.8, 4) is 0 Å². The van der Waals surface area contributed by atoms with Crippen LogP contribution in [0.1, 0.15) is 30.5 Å². The van der Waals surface area contributed by atoms with E-state index in [1.54, 1.807) is 6.07 Å². The highest BCUT2D eigenvalue weighted by molar-refractivity contribution is 6.30. The molecule has 0 amide bonds. The first-order valence-corrected chi connectivity index (χ1v) is 7.00. The molecule has 1 aromatic heterocycles. The molecule has 1 unspecified atom stereocenters. The summed E-state index contributed by atoms with van der Waals surface area (Å²) in [5.41, 5.74) is 6.22. The van der Waals surface area contributed by atoms with Gasteiger partial charge in [0.25, 0.3) is 0 Å². The predicted octanol–water partition coefficient (Wildman–Crippen LogP) is 3.68. The molecular formula is C15H16ClF2N3. The van der Waals surface area contributed by atoms with Crippen molar-refractivity contribution in [3.05, 3.63) is 58.2 Å². The number of benzene rings is 1. The van der Waals surface area contributed by atoms with E-state index in [4.69, 9.17) is 17.3 Å². The highest BCUT2D eigenvalue weighted by Crippen LogP contribution is 2.31. The van der Waals surface area contributed by atoms with Crippen molar-refractivity contribution in [2.24, 2.45) is 0 Å². The Morgan fingerprint density at radius 2 is 2.00 bits per heavy atom. The van der Waals surface area contributed by atoms with E-state index in [1.165, 1.54) is 24.4 Å². The average Bonchev–Trinajstić information content (AvgIpc) is 2.45. The van der Waals surface area contributed by atoms with Crippen LogP contribution in [0.15, 0.2) is 30.5 Å². The Balaban J connectivity index is 2.55. The van der Waals surface area contributed by atoms with Crippen molar-refractivity contribution in [2.45, 2.75) is 19.4 Å². The van der Waals surface area contributed by atoms with Gasteiger partial charge in [-0.1, -0.05) is 24.6 Å². The van der Waals surface area contributed by atoms with E-state index in [-0.39, 0.29) is 11.4 Å². The number of rotatable bonds is 5. The zero-order valence-corrected chi connectivity index (χ0v) is 12.3. The van der Waals surface area contributed by atoms with Crippen molar-refractivity contribution in [1.82, 2.24) is 10.3 Å². The van der Waals surface area contributed by atoms with Crippen LogP contribution in [0.4, 0.5) is 14.6 Å². The van der Waals surface area contributed by atoms with Crippen molar-refractivity contribution in [2.75, 3.05) is 12.3 Å². The summed E-state index contributed by atoms with van der Waals surface area (Å²) in [4.78, 5) is 3.95. The molecule has 0 radical (unpaired) electrons. The van der Waals surface area contributed by atoms with E-state index >= 15 is 0 Å².